The number of carbonyl (C=O) groups is 2. The Morgan fingerprint density at radius 2 is 1.60 bits per heavy atom. The van der Waals surface area contributed by atoms with Crippen molar-refractivity contribution in [2.75, 3.05) is 36.6 Å². The SMILES string of the molecule is CCOC(=O)C=CCN(CC=CC(=O)OCC)n1c(=O)c2cc(F)c(NC3CCCCC3)cc2n(C(C)C)c1=O. The van der Waals surface area contributed by atoms with E-state index in [-0.39, 0.29) is 49.5 Å². The highest BCUT2D eigenvalue weighted by Gasteiger charge is 2.22. The Morgan fingerprint density at radius 1 is 1.02 bits per heavy atom. The zero-order valence-corrected chi connectivity index (χ0v) is 23.7. The van der Waals surface area contributed by atoms with Gasteiger partial charge >= 0.3 is 17.6 Å². The molecule has 3 rings (SSSR count). The predicted molar refractivity (Wildman–Crippen MR) is 153 cm³/mol. The average Bonchev–Trinajstić information content (AvgIpc) is 2.90. The number of esters is 2. The van der Waals surface area contributed by atoms with Crippen LogP contribution in [0.2, 0.25) is 0 Å². The number of halogens is 1. The number of rotatable bonds is 12. The Hall–Kier alpha value is -3.89. The molecule has 1 N–H and O–H groups in total. The van der Waals surface area contributed by atoms with Crippen LogP contribution in [0.3, 0.4) is 0 Å². The summed E-state index contributed by atoms with van der Waals surface area (Å²) in [5.74, 6) is -1.73. The van der Waals surface area contributed by atoms with E-state index in [9.17, 15) is 19.2 Å². The molecule has 0 atom stereocenters. The Balaban J connectivity index is 2.11. The van der Waals surface area contributed by atoms with Gasteiger partial charge in [-0.1, -0.05) is 31.4 Å². The van der Waals surface area contributed by atoms with Gasteiger partial charge in [0.1, 0.15) is 5.82 Å². The molecule has 0 bridgehead atoms. The summed E-state index contributed by atoms with van der Waals surface area (Å²) in [6.07, 6.45) is 10.5. The van der Waals surface area contributed by atoms with Crippen LogP contribution in [0.4, 0.5) is 10.1 Å². The van der Waals surface area contributed by atoms with E-state index in [1.54, 1.807) is 27.7 Å². The lowest BCUT2D eigenvalue weighted by Crippen LogP contribution is -2.53. The third-order valence-corrected chi connectivity index (χ3v) is 6.63. The van der Waals surface area contributed by atoms with E-state index in [4.69, 9.17) is 9.47 Å². The smallest absolute Gasteiger partial charge is 0.350 e. The van der Waals surface area contributed by atoms with Crippen LogP contribution in [0, 0.1) is 5.82 Å². The van der Waals surface area contributed by atoms with Crippen molar-refractivity contribution in [3.05, 3.63) is 63.1 Å². The van der Waals surface area contributed by atoms with Crippen molar-refractivity contribution in [1.82, 2.24) is 9.24 Å². The number of ether oxygens (including phenoxy) is 2. The first-order valence-corrected chi connectivity index (χ1v) is 13.9. The Labute approximate surface area is 233 Å². The molecule has 10 nitrogen and oxygen atoms in total. The van der Waals surface area contributed by atoms with Gasteiger partial charge in [-0.3, -0.25) is 14.4 Å². The van der Waals surface area contributed by atoms with E-state index in [1.165, 1.54) is 46.0 Å². The second kappa shape index (κ2) is 14.5. The van der Waals surface area contributed by atoms with Gasteiger partial charge in [0.05, 0.1) is 42.9 Å². The number of hydrogen-bond acceptors (Lipinski definition) is 8. The quantitative estimate of drug-likeness (QED) is 0.309. The highest BCUT2D eigenvalue weighted by Crippen LogP contribution is 2.26. The van der Waals surface area contributed by atoms with Crippen LogP contribution in [-0.2, 0) is 19.1 Å². The predicted octanol–water partition coefficient (Wildman–Crippen LogP) is 3.80. The molecule has 11 heteroatoms. The van der Waals surface area contributed by atoms with E-state index in [0.717, 1.165) is 36.8 Å². The molecule has 0 aliphatic heterocycles. The summed E-state index contributed by atoms with van der Waals surface area (Å²) < 4.78 is 27.5. The molecule has 1 aliphatic rings. The van der Waals surface area contributed by atoms with Crippen LogP contribution in [0.15, 0.2) is 46.0 Å². The second-order valence-corrected chi connectivity index (χ2v) is 9.87. The van der Waals surface area contributed by atoms with Gasteiger partial charge in [-0.2, -0.15) is 4.68 Å². The zero-order valence-electron chi connectivity index (χ0n) is 23.7. The molecule has 40 heavy (non-hydrogen) atoms. The summed E-state index contributed by atoms with van der Waals surface area (Å²) in [7, 11) is 0. The minimum atomic E-state index is -0.714. The van der Waals surface area contributed by atoms with Crippen LogP contribution >= 0.6 is 0 Å². The normalized spacial score (nSPS) is 14.3. The van der Waals surface area contributed by atoms with Crippen molar-refractivity contribution in [3.63, 3.8) is 0 Å². The standard InChI is InChI=1S/C29H39FN4O6/c1-5-39-26(35)14-10-16-32(17-11-15-27(36)40-6-2)34-28(37)22-18-23(30)24(31-21-12-8-7-9-13-21)19-25(22)33(20(3)4)29(34)38/h10-11,14-15,18-21,31H,5-9,12-13,16-17H2,1-4H3. The van der Waals surface area contributed by atoms with Crippen molar-refractivity contribution in [3.8, 4) is 0 Å². The number of benzene rings is 1. The first-order valence-electron chi connectivity index (χ1n) is 13.9. The topological polar surface area (TPSA) is 112 Å². The van der Waals surface area contributed by atoms with E-state index in [2.05, 4.69) is 5.32 Å². The summed E-state index contributed by atoms with van der Waals surface area (Å²) in [5.41, 5.74) is -0.757. The summed E-state index contributed by atoms with van der Waals surface area (Å²) in [4.78, 5) is 51.1. The number of nitrogens with zero attached hydrogens (tertiary/aromatic N) is 3. The zero-order chi connectivity index (χ0) is 29.2. The molecule has 218 valence electrons. The van der Waals surface area contributed by atoms with E-state index in [1.807, 2.05) is 0 Å². The molecule has 0 unspecified atom stereocenters. The molecular formula is C29H39FN4O6. The minimum Gasteiger partial charge on any atom is -0.463 e. The Morgan fingerprint density at radius 3 is 2.12 bits per heavy atom. The third-order valence-electron chi connectivity index (χ3n) is 6.63. The van der Waals surface area contributed by atoms with Crippen LogP contribution in [-0.4, -0.2) is 53.5 Å². The largest absolute Gasteiger partial charge is 0.463 e. The number of hydrogen-bond donors (Lipinski definition) is 1. The lowest BCUT2D eigenvalue weighted by Gasteiger charge is -2.27. The fourth-order valence-corrected chi connectivity index (χ4v) is 4.82. The van der Waals surface area contributed by atoms with Crippen molar-refractivity contribution in [2.45, 2.75) is 71.9 Å². The van der Waals surface area contributed by atoms with Crippen molar-refractivity contribution < 1.29 is 23.5 Å². The fourth-order valence-electron chi connectivity index (χ4n) is 4.82. The van der Waals surface area contributed by atoms with E-state index < -0.39 is 29.0 Å². The molecule has 0 saturated heterocycles. The Kier molecular flexibility index (Phi) is 11.1. The van der Waals surface area contributed by atoms with Crippen molar-refractivity contribution >= 4 is 28.5 Å². The molecule has 1 fully saturated rings. The number of nitrogens with one attached hydrogen (secondary N) is 1. The van der Waals surface area contributed by atoms with Gasteiger partial charge in [0, 0.05) is 24.2 Å². The van der Waals surface area contributed by atoms with Gasteiger partial charge in [-0.05, 0) is 52.7 Å². The van der Waals surface area contributed by atoms with Gasteiger partial charge in [0.25, 0.3) is 5.56 Å². The number of fused-ring (bicyclic) bond motifs is 1. The molecule has 1 aromatic heterocycles. The first-order chi connectivity index (χ1) is 19.2. The third kappa shape index (κ3) is 7.61. The molecule has 0 spiro atoms. The molecule has 1 saturated carbocycles. The number of anilines is 1. The summed E-state index contributed by atoms with van der Waals surface area (Å²) in [6, 6.07) is 2.48. The van der Waals surface area contributed by atoms with Gasteiger partial charge in [-0.25, -0.2) is 18.8 Å². The first kappa shape index (κ1) is 30.6. The van der Waals surface area contributed by atoms with Gasteiger partial charge in [-0.15, -0.1) is 0 Å². The molecule has 1 aliphatic carbocycles. The molecule has 2 aromatic rings. The van der Waals surface area contributed by atoms with E-state index >= 15 is 4.39 Å². The number of aromatic nitrogens is 2. The fraction of sp³-hybridized carbons (Fsp3) is 0.517. The average molecular weight is 559 g/mol. The lowest BCUT2D eigenvalue weighted by molar-refractivity contribution is -0.138. The molecule has 1 heterocycles. The highest BCUT2D eigenvalue weighted by molar-refractivity contribution is 5.83. The van der Waals surface area contributed by atoms with Gasteiger partial charge < -0.3 is 14.8 Å². The van der Waals surface area contributed by atoms with Crippen LogP contribution in [0.25, 0.3) is 10.9 Å². The maximum Gasteiger partial charge on any atom is 0.350 e. The van der Waals surface area contributed by atoms with Crippen molar-refractivity contribution in [1.29, 1.82) is 0 Å². The highest BCUT2D eigenvalue weighted by atomic mass is 19.1. The minimum absolute atomic E-state index is 0.0359. The maximum absolute atomic E-state index is 15.3. The van der Waals surface area contributed by atoms with Gasteiger partial charge in [0.2, 0.25) is 0 Å². The molecular weight excluding hydrogens is 519 g/mol. The monoisotopic (exact) mass is 558 g/mol. The molecule has 0 radical (unpaired) electrons. The summed E-state index contributed by atoms with van der Waals surface area (Å²) >= 11 is 0. The van der Waals surface area contributed by atoms with Crippen LogP contribution < -0.4 is 21.6 Å². The molecule has 0 amide bonds. The van der Waals surface area contributed by atoms with Crippen LogP contribution in [0.1, 0.15) is 65.8 Å². The van der Waals surface area contributed by atoms with Gasteiger partial charge in [0.15, 0.2) is 0 Å². The Bertz CT molecular complexity index is 1340. The van der Waals surface area contributed by atoms with Crippen molar-refractivity contribution in [2.24, 2.45) is 0 Å². The second-order valence-electron chi connectivity index (χ2n) is 9.87. The maximum atomic E-state index is 15.3. The lowest BCUT2D eigenvalue weighted by atomic mass is 9.95. The van der Waals surface area contributed by atoms with E-state index in [0.29, 0.717) is 5.52 Å². The summed E-state index contributed by atoms with van der Waals surface area (Å²) in [5, 5.41) is 4.66. The summed E-state index contributed by atoms with van der Waals surface area (Å²) in [6.45, 7) is 7.26. The van der Waals surface area contributed by atoms with Crippen LogP contribution in [0.5, 0.6) is 0 Å². The number of carbonyl (C=O) groups excluding carboxylic acids is 2. The molecule has 1 aromatic carbocycles.